The first-order chi connectivity index (χ1) is 9.95. The number of amides is 1. The summed E-state index contributed by atoms with van der Waals surface area (Å²) in [4.78, 5) is 11.9. The standard InChI is InChI=1S/C15H16FNO3S/c1-10-3-5-12(20-10)6-8-15(18)17-11-4-7-14(21(2)19)13(16)9-11/h3-5,7,9H,6,8H2,1-2H3,(H,17,18). The van der Waals surface area contributed by atoms with E-state index >= 15 is 0 Å². The van der Waals surface area contributed by atoms with Gasteiger partial charge in [-0.1, -0.05) is 0 Å². The molecule has 0 bridgehead atoms. The smallest absolute Gasteiger partial charge is 0.224 e. The van der Waals surface area contributed by atoms with Gasteiger partial charge in [0, 0.05) is 24.8 Å². The van der Waals surface area contributed by atoms with Crippen LogP contribution in [-0.4, -0.2) is 16.4 Å². The number of aryl methyl sites for hydroxylation is 2. The number of carbonyl (C=O) groups excluding carboxylic acids is 1. The van der Waals surface area contributed by atoms with E-state index in [2.05, 4.69) is 5.32 Å². The van der Waals surface area contributed by atoms with Gasteiger partial charge in [-0.2, -0.15) is 0 Å². The number of hydrogen-bond acceptors (Lipinski definition) is 3. The van der Waals surface area contributed by atoms with Crippen molar-refractivity contribution in [2.45, 2.75) is 24.7 Å². The van der Waals surface area contributed by atoms with E-state index in [0.717, 1.165) is 11.5 Å². The number of hydrogen-bond donors (Lipinski definition) is 1. The highest BCUT2D eigenvalue weighted by Gasteiger charge is 2.09. The van der Waals surface area contributed by atoms with Crippen molar-refractivity contribution in [3.05, 3.63) is 47.7 Å². The Bertz CT molecular complexity index is 681. The summed E-state index contributed by atoms with van der Waals surface area (Å²) >= 11 is 0. The minimum Gasteiger partial charge on any atom is -0.466 e. The Morgan fingerprint density at radius 2 is 2.10 bits per heavy atom. The van der Waals surface area contributed by atoms with Crippen LogP contribution in [-0.2, 0) is 22.0 Å². The predicted molar refractivity (Wildman–Crippen MR) is 79.1 cm³/mol. The summed E-state index contributed by atoms with van der Waals surface area (Å²) in [5.41, 5.74) is 0.349. The lowest BCUT2D eigenvalue weighted by atomic mass is 10.2. The Balaban J connectivity index is 1.93. The maximum atomic E-state index is 13.6. The Morgan fingerprint density at radius 1 is 1.33 bits per heavy atom. The second-order valence-corrected chi connectivity index (χ2v) is 6.01. The molecule has 6 heteroatoms. The minimum absolute atomic E-state index is 0.124. The third-order valence-corrected chi connectivity index (χ3v) is 3.87. The van der Waals surface area contributed by atoms with Crippen molar-refractivity contribution in [1.29, 1.82) is 0 Å². The zero-order chi connectivity index (χ0) is 15.4. The molecule has 4 nitrogen and oxygen atoms in total. The normalized spacial score (nSPS) is 12.1. The Labute approximate surface area is 124 Å². The molecule has 1 atom stereocenters. The molecule has 0 fully saturated rings. The summed E-state index contributed by atoms with van der Waals surface area (Å²) in [6.07, 6.45) is 2.14. The molecule has 21 heavy (non-hydrogen) atoms. The fraction of sp³-hybridized carbons (Fsp3) is 0.267. The average Bonchev–Trinajstić information content (AvgIpc) is 2.82. The number of nitrogens with one attached hydrogen (secondary N) is 1. The van der Waals surface area contributed by atoms with Gasteiger partial charge in [-0.15, -0.1) is 0 Å². The van der Waals surface area contributed by atoms with Gasteiger partial charge in [0.05, 0.1) is 15.7 Å². The fourth-order valence-electron chi connectivity index (χ4n) is 1.89. The van der Waals surface area contributed by atoms with Crippen molar-refractivity contribution in [3.63, 3.8) is 0 Å². The molecule has 0 saturated carbocycles. The Kier molecular flexibility index (Phi) is 4.90. The quantitative estimate of drug-likeness (QED) is 0.923. The van der Waals surface area contributed by atoms with E-state index in [-0.39, 0.29) is 17.2 Å². The van der Waals surface area contributed by atoms with Gasteiger partial charge in [0.2, 0.25) is 5.91 Å². The van der Waals surface area contributed by atoms with E-state index in [4.69, 9.17) is 4.42 Å². The van der Waals surface area contributed by atoms with Gasteiger partial charge in [-0.3, -0.25) is 9.00 Å². The molecule has 0 radical (unpaired) electrons. The number of benzene rings is 1. The summed E-state index contributed by atoms with van der Waals surface area (Å²) in [6.45, 7) is 1.84. The summed E-state index contributed by atoms with van der Waals surface area (Å²) < 4.78 is 30.3. The molecule has 1 N–H and O–H groups in total. The lowest BCUT2D eigenvalue weighted by molar-refractivity contribution is -0.116. The maximum Gasteiger partial charge on any atom is 0.224 e. The van der Waals surface area contributed by atoms with E-state index < -0.39 is 16.6 Å². The molecule has 112 valence electrons. The van der Waals surface area contributed by atoms with Gasteiger partial charge in [0.25, 0.3) is 0 Å². The monoisotopic (exact) mass is 309 g/mol. The zero-order valence-corrected chi connectivity index (χ0v) is 12.6. The van der Waals surface area contributed by atoms with E-state index in [1.807, 2.05) is 19.1 Å². The van der Waals surface area contributed by atoms with Gasteiger partial charge in [-0.25, -0.2) is 4.39 Å². The van der Waals surface area contributed by atoms with Crippen molar-refractivity contribution in [1.82, 2.24) is 0 Å². The number of anilines is 1. The van der Waals surface area contributed by atoms with Crippen LogP contribution in [0.1, 0.15) is 17.9 Å². The molecule has 2 aromatic rings. The Morgan fingerprint density at radius 3 is 2.67 bits per heavy atom. The molecule has 1 unspecified atom stereocenters. The first kappa shape index (κ1) is 15.4. The van der Waals surface area contributed by atoms with Crippen LogP contribution in [0.15, 0.2) is 39.6 Å². The third-order valence-electron chi connectivity index (χ3n) is 2.92. The average molecular weight is 309 g/mol. The molecule has 0 spiro atoms. The molecule has 1 aromatic carbocycles. The van der Waals surface area contributed by atoms with E-state index in [9.17, 15) is 13.4 Å². The minimum atomic E-state index is -1.39. The van der Waals surface area contributed by atoms with Crippen LogP contribution >= 0.6 is 0 Å². The lowest BCUT2D eigenvalue weighted by Gasteiger charge is -2.06. The molecule has 1 heterocycles. The molecule has 0 saturated heterocycles. The van der Waals surface area contributed by atoms with Crippen LogP contribution < -0.4 is 5.32 Å². The van der Waals surface area contributed by atoms with Crippen molar-refractivity contribution >= 4 is 22.4 Å². The van der Waals surface area contributed by atoms with Gasteiger partial charge in [0.1, 0.15) is 17.3 Å². The topological polar surface area (TPSA) is 59.3 Å². The van der Waals surface area contributed by atoms with Crippen LogP contribution in [0, 0.1) is 12.7 Å². The summed E-state index contributed by atoms with van der Waals surface area (Å²) in [7, 11) is -1.39. The predicted octanol–water partition coefficient (Wildman–Crippen LogP) is 3.04. The number of furan rings is 1. The van der Waals surface area contributed by atoms with Crippen molar-refractivity contribution < 1.29 is 17.8 Å². The summed E-state index contributed by atoms with van der Waals surface area (Å²) in [5.74, 6) is 0.727. The maximum absolute atomic E-state index is 13.6. The summed E-state index contributed by atoms with van der Waals surface area (Å²) in [6, 6.07) is 7.79. The Hall–Kier alpha value is -1.95. The second-order valence-electron chi connectivity index (χ2n) is 4.66. The number of carbonyl (C=O) groups is 1. The molecular formula is C15H16FNO3S. The van der Waals surface area contributed by atoms with Crippen molar-refractivity contribution in [2.24, 2.45) is 0 Å². The molecule has 0 aliphatic heterocycles. The van der Waals surface area contributed by atoms with Gasteiger partial charge < -0.3 is 9.73 Å². The largest absolute Gasteiger partial charge is 0.466 e. The molecular weight excluding hydrogens is 293 g/mol. The highest BCUT2D eigenvalue weighted by atomic mass is 32.2. The van der Waals surface area contributed by atoms with Crippen LogP contribution in [0.25, 0.3) is 0 Å². The molecule has 1 aromatic heterocycles. The van der Waals surface area contributed by atoms with Crippen molar-refractivity contribution in [2.75, 3.05) is 11.6 Å². The zero-order valence-electron chi connectivity index (χ0n) is 11.8. The highest BCUT2D eigenvalue weighted by molar-refractivity contribution is 7.84. The molecule has 1 amide bonds. The van der Waals surface area contributed by atoms with E-state index in [1.54, 1.807) is 0 Å². The fourth-order valence-corrected chi connectivity index (χ4v) is 2.48. The SMILES string of the molecule is Cc1ccc(CCC(=O)Nc2ccc(S(C)=O)c(F)c2)o1. The van der Waals surface area contributed by atoms with Crippen LogP contribution in [0.4, 0.5) is 10.1 Å². The first-order valence-corrected chi connectivity index (χ1v) is 7.99. The summed E-state index contributed by atoms with van der Waals surface area (Å²) in [5, 5.41) is 2.61. The van der Waals surface area contributed by atoms with Crippen LogP contribution in [0.5, 0.6) is 0 Å². The first-order valence-electron chi connectivity index (χ1n) is 6.44. The number of halogens is 1. The second kappa shape index (κ2) is 6.67. The molecule has 0 aliphatic carbocycles. The highest BCUT2D eigenvalue weighted by Crippen LogP contribution is 2.17. The van der Waals surface area contributed by atoms with Crippen LogP contribution in [0.3, 0.4) is 0 Å². The van der Waals surface area contributed by atoms with Gasteiger partial charge >= 0.3 is 0 Å². The lowest BCUT2D eigenvalue weighted by Crippen LogP contribution is -2.12. The van der Waals surface area contributed by atoms with Crippen molar-refractivity contribution in [3.8, 4) is 0 Å². The third kappa shape index (κ3) is 4.26. The van der Waals surface area contributed by atoms with Gasteiger partial charge in [0.15, 0.2) is 0 Å². The van der Waals surface area contributed by atoms with Crippen LogP contribution in [0.2, 0.25) is 0 Å². The van der Waals surface area contributed by atoms with Gasteiger partial charge in [-0.05, 0) is 37.3 Å². The van der Waals surface area contributed by atoms with E-state index in [1.165, 1.54) is 24.5 Å². The molecule has 2 rings (SSSR count). The number of rotatable bonds is 5. The molecule has 0 aliphatic rings. The van der Waals surface area contributed by atoms with E-state index in [0.29, 0.717) is 12.1 Å².